The number of aryl methyl sites for hydroxylation is 1. The van der Waals surface area contributed by atoms with Crippen LogP contribution in [-0.2, 0) is 22.4 Å². The number of imidazole rings is 1. The molecule has 25 heavy (non-hydrogen) atoms. The van der Waals surface area contributed by atoms with E-state index in [9.17, 15) is 4.79 Å². The van der Waals surface area contributed by atoms with E-state index in [1.54, 1.807) is 30.5 Å². The molecule has 1 heterocycles. The van der Waals surface area contributed by atoms with Gasteiger partial charge in [-0.1, -0.05) is 42.9 Å². The van der Waals surface area contributed by atoms with Gasteiger partial charge in [-0.15, -0.1) is 0 Å². The van der Waals surface area contributed by atoms with Gasteiger partial charge in [-0.25, -0.2) is 4.79 Å². The summed E-state index contributed by atoms with van der Waals surface area (Å²) < 4.78 is 0. The van der Waals surface area contributed by atoms with Crippen LogP contribution in [0.15, 0.2) is 55.0 Å². The predicted molar refractivity (Wildman–Crippen MR) is 93.8 cm³/mol. The van der Waals surface area contributed by atoms with Crippen LogP contribution in [0.25, 0.3) is 11.6 Å². The monoisotopic (exact) mass is 498 g/mol. The fourth-order valence-corrected chi connectivity index (χ4v) is 2.59. The summed E-state index contributed by atoms with van der Waals surface area (Å²) in [5, 5.41) is 9.02. The van der Waals surface area contributed by atoms with Gasteiger partial charge >= 0.3 is 5.97 Å². The van der Waals surface area contributed by atoms with Crippen molar-refractivity contribution in [2.24, 2.45) is 0 Å². The van der Waals surface area contributed by atoms with Crippen molar-refractivity contribution < 1.29 is 32.3 Å². The van der Waals surface area contributed by atoms with Crippen molar-refractivity contribution in [3.8, 4) is 0 Å². The van der Waals surface area contributed by atoms with E-state index in [4.69, 9.17) is 5.11 Å². The van der Waals surface area contributed by atoms with Gasteiger partial charge in [0.2, 0.25) is 0 Å². The van der Waals surface area contributed by atoms with Crippen LogP contribution in [0.5, 0.6) is 0 Å². The Balaban J connectivity index is 0.00000225. The predicted octanol–water partition coefficient (Wildman–Crippen LogP) is 3.94. The Morgan fingerprint density at radius 3 is 2.44 bits per heavy atom. The number of nitrogens with zero attached hydrogens (tertiary/aromatic N) is 2. The first-order chi connectivity index (χ1) is 11.6. The molecule has 3 rings (SSSR count). The summed E-state index contributed by atoms with van der Waals surface area (Å²) in [5.74, 6) is -0.929. The summed E-state index contributed by atoms with van der Waals surface area (Å²) >= 11 is 0. The van der Waals surface area contributed by atoms with Gasteiger partial charge in [0, 0.05) is 22.4 Å². The second kappa shape index (κ2) is 8.12. The van der Waals surface area contributed by atoms with E-state index >= 15 is 0 Å². The van der Waals surface area contributed by atoms with E-state index < -0.39 is 5.97 Å². The molecule has 0 bridgehead atoms. The second-order valence-electron chi connectivity index (χ2n) is 5.64. The number of hydrogen-bond acceptors (Lipinski definition) is 2. The third-order valence-corrected chi connectivity index (χ3v) is 4.10. The SMILES string of the molecule is Cc1cccc(/C(=C/c2ccc(C(=O)O)cc2)c2c[n-]cn2)c1C.[Ta]. The van der Waals surface area contributed by atoms with Crippen molar-refractivity contribution in [3.05, 3.63) is 88.5 Å². The zero-order chi connectivity index (χ0) is 17.1. The molecule has 5 heteroatoms. The van der Waals surface area contributed by atoms with E-state index in [1.165, 1.54) is 17.5 Å². The third kappa shape index (κ3) is 4.17. The van der Waals surface area contributed by atoms with Crippen molar-refractivity contribution in [1.29, 1.82) is 0 Å². The Labute approximate surface area is 162 Å². The molecule has 2 aromatic carbocycles. The number of carbonyl (C=O) groups is 1. The standard InChI is InChI=1S/C20H18N2O2.Ta/c1-13-4-3-5-17(14(13)2)18(19-11-21-12-22-19)10-15-6-8-16(9-7-15)20(23)24;/h3-12H,1-2H3,(H2,21,22,23,24);/p-1/b18-10-;. The van der Waals surface area contributed by atoms with Crippen LogP contribution in [-0.4, -0.2) is 16.1 Å². The minimum atomic E-state index is -0.929. The molecular weight excluding hydrogens is 481 g/mol. The number of hydrogen-bond donors (Lipinski definition) is 1. The number of benzene rings is 2. The minimum absolute atomic E-state index is 0. The van der Waals surface area contributed by atoms with E-state index in [0.29, 0.717) is 0 Å². The molecule has 1 aromatic heterocycles. The normalized spacial score (nSPS) is 11.0. The van der Waals surface area contributed by atoms with Crippen LogP contribution in [0.2, 0.25) is 0 Å². The maximum atomic E-state index is 11.0. The molecule has 0 spiro atoms. The van der Waals surface area contributed by atoms with Gasteiger partial charge in [-0.3, -0.25) is 0 Å². The van der Waals surface area contributed by atoms with Gasteiger partial charge in [-0.05, 0) is 65.6 Å². The molecule has 4 nitrogen and oxygen atoms in total. The molecule has 0 saturated carbocycles. The fraction of sp³-hybridized carbons (Fsp3) is 0.100. The van der Waals surface area contributed by atoms with Crippen molar-refractivity contribution in [2.75, 3.05) is 0 Å². The zero-order valence-corrected chi connectivity index (χ0v) is 17.2. The molecule has 0 unspecified atom stereocenters. The molecule has 125 valence electrons. The van der Waals surface area contributed by atoms with Crippen molar-refractivity contribution >= 4 is 17.6 Å². The van der Waals surface area contributed by atoms with Gasteiger partial charge in [0.1, 0.15) is 0 Å². The number of carboxylic acid groups (broad SMARTS) is 1. The number of carboxylic acids is 1. The maximum absolute atomic E-state index is 11.0. The van der Waals surface area contributed by atoms with Crippen molar-refractivity contribution in [3.63, 3.8) is 0 Å². The van der Waals surface area contributed by atoms with Crippen LogP contribution < -0.4 is 4.98 Å². The fourth-order valence-electron chi connectivity index (χ4n) is 2.59. The Morgan fingerprint density at radius 1 is 1.12 bits per heavy atom. The molecule has 3 aromatic rings. The van der Waals surface area contributed by atoms with Gasteiger partial charge in [0.25, 0.3) is 0 Å². The third-order valence-electron chi connectivity index (χ3n) is 4.10. The summed E-state index contributed by atoms with van der Waals surface area (Å²) in [6.45, 7) is 4.16. The van der Waals surface area contributed by atoms with Crippen LogP contribution in [0.1, 0.15) is 38.3 Å². The van der Waals surface area contributed by atoms with Crippen LogP contribution in [0, 0.1) is 13.8 Å². The molecule has 1 radical (unpaired) electrons. The molecule has 0 fully saturated rings. The van der Waals surface area contributed by atoms with Gasteiger partial charge in [-0.2, -0.15) is 0 Å². The average molecular weight is 498 g/mol. The summed E-state index contributed by atoms with van der Waals surface area (Å²) in [6.07, 6.45) is 5.28. The largest absolute Gasteiger partial charge is 0.478 e. The molecule has 1 N–H and O–H groups in total. The molecule has 0 amide bonds. The molecule has 0 atom stereocenters. The number of aromatic carboxylic acids is 1. The van der Waals surface area contributed by atoms with Crippen LogP contribution in [0.3, 0.4) is 0 Å². The molecule has 0 aliphatic rings. The average Bonchev–Trinajstić information content (AvgIpc) is 3.10. The molecular formula is C20H17N2O2Ta-. The molecule has 0 aliphatic heterocycles. The Bertz CT molecular complexity index is 898. The first-order valence-electron chi connectivity index (χ1n) is 7.61. The van der Waals surface area contributed by atoms with Crippen molar-refractivity contribution in [1.82, 2.24) is 9.97 Å². The number of aromatic nitrogens is 2. The van der Waals surface area contributed by atoms with Crippen LogP contribution in [0.4, 0.5) is 0 Å². The topological polar surface area (TPSA) is 64.3 Å². The molecule has 0 saturated heterocycles. The molecule has 0 aliphatic carbocycles. The summed E-state index contributed by atoms with van der Waals surface area (Å²) in [4.78, 5) is 19.4. The Hall–Kier alpha value is -2.40. The van der Waals surface area contributed by atoms with E-state index in [2.05, 4.69) is 35.9 Å². The smallest absolute Gasteiger partial charge is 0.335 e. The van der Waals surface area contributed by atoms with E-state index in [1.807, 2.05) is 12.1 Å². The first-order valence-corrected chi connectivity index (χ1v) is 7.61. The summed E-state index contributed by atoms with van der Waals surface area (Å²) in [7, 11) is 0. The zero-order valence-electron chi connectivity index (χ0n) is 14.0. The van der Waals surface area contributed by atoms with Gasteiger partial charge in [0.05, 0.1) is 5.56 Å². The summed E-state index contributed by atoms with van der Waals surface area (Å²) in [5.41, 5.74) is 6.45. The maximum Gasteiger partial charge on any atom is 0.335 e. The van der Waals surface area contributed by atoms with Gasteiger partial charge < -0.3 is 15.1 Å². The van der Waals surface area contributed by atoms with E-state index in [0.717, 1.165) is 22.4 Å². The minimum Gasteiger partial charge on any atom is -0.478 e. The summed E-state index contributed by atoms with van der Waals surface area (Å²) in [6, 6.07) is 13.0. The first kappa shape index (κ1) is 18.9. The second-order valence-corrected chi connectivity index (χ2v) is 5.64. The Morgan fingerprint density at radius 2 is 1.84 bits per heavy atom. The Kier molecular flexibility index (Phi) is 6.15. The van der Waals surface area contributed by atoms with Crippen LogP contribution >= 0.6 is 0 Å². The van der Waals surface area contributed by atoms with Crippen molar-refractivity contribution in [2.45, 2.75) is 13.8 Å². The van der Waals surface area contributed by atoms with E-state index in [-0.39, 0.29) is 27.9 Å². The quantitative estimate of drug-likeness (QED) is 0.554. The number of rotatable bonds is 4. The van der Waals surface area contributed by atoms with Gasteiger partial charge in [0.15, 0.2) is 0 Å².